The van der Waals surface area contributed by atoms with Crippen LogP contribution in [0.2, 0.25) is 0 Å². The Labute approximate surface area is 96.9 Å². The molecule has 1 aliphatic rings. The third-order valence-corrected chi connectivity index (χ3v) is 3.66. The molecule has 0 saturated heterocycles. The summed E-state index contributed by atoms with van der Waals surface area (Å²) in [7, 11) is 0. The monoisotopic (exact) mass is 221 g/mol. The lowest BCUT2D eigenvalue weighted by Crippen LogP contribution is -2.34. The molecule has 2 rings (SSSR count). The molecule has 1 aromatic carbocycles. The Kier molecular flexibility index (Phi) is 2.58. The number of benzene rings is 1. The van der Waals surface area contributed by atoms with Crippen LogP contribution in [0, 0.1) is 18.2 Å². The Balaban J connectivity index is 2.37. The first kappa shape index (κ1) is 11.6. The Morgan fingerprint density at radius 2 is 1.88 bits per heavy atom. The molecule has 88 valence electrons. The topological polar surface area (TPSA) is 26.0 Å². The van der Waals surface area contributed by atoms with Gasteiger partial charge in [-0.2, -0.15) is 0 Å². The van der Waals surface area contributed by atoms with Crippen LogP contribution in [-0.2, 0) is 5.54 Å². The highest BCUT2D eigenvalue weighted by Gasteiger charge is 2.41. The Bertz CT molecular complexity index is 391. The van der Waals surface area contributed by atoms with E-state index in [0.717, 1.165) is 30.4 Å². The van der Waals surface area contributed by atoms with Crippen LogP contribution in [0.15, 0.2) is 18.2 Å². The maximum atomic E-state index is 13.4. The molecule has 2 N–H and O–H groups in total. The summed E-state index contributed by atoms with van der Waals surface area (Å²) < 4.78 is 13.4. The van der Waals surface area contributed by atoms with E-state index in [-0.39, 0.29) is 16.8 Å². The predicted octanol–water partition coefficient (Wildman–Crippen LogP) is 3.50. The van der Waals surface area contributed by atoms with Gasteiger partial charge in [-0.1, -0.05) is 19.9 Å². The summed E-state index contributed by atoms with van der Waals surface area (Å²) in [6, 6.07) is 5.16. The zero-order valence-corrected chi connectivity index (χ0v) is 10.3. The lowest BCUT2D eigenvalue weighted by Gasteiger charge is -2.27. The molecule has 0 spiro atoms. The van der Waals surface area contributed by atoms with E-state index in [1.54, 1.807) is 12.1 Å². The average molecular weight is 221 g/mol. The maximum Gasteiger partial charge on any atom is 0.123 e. The first-order valence-corrected chi connectivity index (χ1v) is 5.87. The summed E-state index contributed by atoms with van der Waals surface area (Å²) in [5, 5.41) is 0. The van der Waals surface area contributed by atoms with Crippen molar-refractivity contribution in [1.82, 2.24) is 0 Å². The fourth-order valence-electron chi connectivity index (χ4n) is 2.86. The number of rotatable bonds is 1. The molecule has 0 aliphatic heterocycles. The molecule has 0 bridgehead atoms. The molecule has 1 fully saturated rings. The summed E-state index contributed by atoms with van der Waals surface area (Å²) in [6.07, 6.45) is 2.99. The minimum Gasteiger partial charge on any atom is -0.321 e. The van der Waals surface area contributed by atoms with Gasteiger partial charge in [-0.3, -0.25) is 0 Å². The summed E-state index contributed by atoms with van der Waals surface area (Å²) in [5.41, 5.74) is 8.27. The Morgan fingerprint density at radius 1 is 1.19 bits per heavy atom. The Hall–Kier alpha value is -0.890. The molecular weight excluding hydrogens is 201 g/mol. The number of nitrogens with two attached hydrogens (primary N) is 1. The highest BCUT2D eigenvalue weighted by atomic mass is 19.1. The highest BCUT2D eigenvalue weighted by Crippen LogP contribution is 2.47. The van der Waals surface area contributed by atoms with Crippen molar-refractivity contribution in [3.63, 3.8) is 0 Å². The number of hydrogen-bond donors (Lipinski definition) is 1. The van der Waals surface area contributed by atoms with E-state index >= 15 is 0 Å². The lowest BCUT2D eigenvalue weighted by molar-refractivity contribution is 0.339. The van der Waals surface area contributed by atoms with Crippen molar-refractivity contribution in [2.24, 2.45) is 11.1 Å². The first-order valence-electron chi connectivity index (χ1n) is 5.87. The Morgan fingerprint density at radius 3 is 2.38 bits per heavy atom. The van der Waals surface area contributed by atoms with Crippen molar-refractivity contribution in [2.45, 2.75) is 45.6 Å². The molecular formula is C14H20FN. The fourth-order valence-corrected chi connectivity index (χ4v) is 2.86. The second kappa shape index (κ2) is 3.56. The van der Waals surface area contributed by atoms with Crippen molar-refractivity contribution in [3.8, 4) is 0 Å². The first-order chi connectivity index (χ1) is 7.31. The molecule has 1 aromatic rings. The molecule has 0 aromatic heterocycles. The quantitative estimate of drug-likeness (QED) is 0.771. The van der Waals surface area contributed by atoms with Crippen molar-refractivity contribution >= 4 is 0 Å². The zero-order chi connectivity index (χ0) is 12.0. The molecule has 1 atom stereocenters. The van der Waals surface area contributed by atoms with Gasteiger partial charge in [0.25, 0.3) is 0 Å². The van der Waals surface area contributed by atoms with Crippen molar-refractivity contribution in [1.29, 1.82) is 0 Å². The lowest BCUT2D eigenvalue weighted by atomic mass is 9.83. The normalized spacial score (nSPS) is 28.3. The van der Waals surface area contributed by atoms with E-state index in [9.17, 15) is 4.39 Å². The maximum absolute atomic E-state index is 13.4. The number of halogens is 1. The van der Waals surface area contributed by atoms with Gasteiger partial charge in [0.2, 0.25) is 0 Å². The molecule has 0 radical (unpaired) electrons. The standard InChI is InChI=1S/C14H20FN/c1-10-6-11(8-12(15)7-10)14(16)5-4-13(2,3)9-14/h6-8H,4-5,9,16H2,1-3H3. The summed E-state index contributed by atoms with van der Waals surface area (Å²) in [4.78, 5) is 0. The largest absolute Gasteiger partial charge is 0.321 e. The number of aryl methyl sites for hydroxylation is 1. The van der Waals surface area contributed by atoms with Crippen LogP contribution in [0.25, 0.3) is 0 Å². The minimum atomic E-state index is -0.337. The van der Waals surface area contributed by atoms with Gasteiger partial charge in [-0.25, -0.2) is 4.39 Å². The predicted molar refractivity (Wildman–Crippen MR) is 64.6 cm³/mol. The summed E-state index contributed by atoms with van der Waals surface area (Å²) in [6.45, 7) is 6.37. The van der Waals surface area contributed by atoms with Gasteiger partial charge in [0.1, 0.15) is 5.82 Å². The minimum absolute atomic E-state index is 0.176. The van der Waals surface area contributed by atoms with E-state index in [2.05, 4.69) is 13.8 Å². The average Bonchev–Trinajstić information content (AvgIpc) is 2.40. The van der Waals surface area contributed by atoms with Crippen LogP contribution in [0.5, 0.6) is 0 Å². The second-order valence-electron chi connectivity index (χ2n) is 6.01. The van der Waals surface area contributed by atoms with E-state index in [1.807, 2.05) is 13.0 Å². The van der Waals surface area contributed by atoms with Gasteiger partial charge >= 0.3 is 0 Å². The van der Waals surface area contributed by atoms with Crippen LogP contribution < -0.4 is 5.73 Å². The third kappa shape index (κ3) is 2.12. The van der Waals surface area contributed by atoms with Crippen molar-refractivity contribution in [3.05, 3.63) is 35.1 Å². The van der Waals surface area contributed by atoms with Gasteiger partial charge in [0.05, 0.1) is 0 Å². The molecule has 0 heterocycles. The molecule has 1 unspecified atom stereocenters. The van der Waals surface area contributed by atoms with Gasteiger partial charge in [0, 0.05) is 5.54 Å². The molecule has 0 amide bonds. The van der Waals surface area contributed by atoms with E-state index in [1.165, 1.54) is 0 Å². The van der Waals surface area contributed by atoms with Crippen LogP contribution in [0.1, 0.15) is 44.2 Å². The smallest absolute Gasteiger partial charge is 0.123 e. The van der Waals surface area contributed by atoms with Crippen molar-refractivity contribution < 1.29 is 4.39 Å². The fraction of sp³-hybridized carbons (Fsp3) is 0.571. The second-order valence-corrected chi connectivity index (χ2v) is 6.01. The molecule has 1 nitrogen and oxygen atoms in total. The van der Waals surface area contributed by atoms with E-state index in [0.29, 0.717) is 0 Å². The summed E-state index contributed by atoms with van der Waals surface area (Å²) >= 11 is 0. The van der Waals surface area contributed by atoms with Crippen LogP contribution in [0.3, 0.4) is 0 Å². The molecule has 16 heavy (non-hydrogen) atoms. The summed E-state index contributed by atoms with van der Waals surface area (Å²) in [5.74, 6) is -0.176. The highest BCUT2D eigenvalue weighted by molar-refractivity contribution is 5.31. The van der Waals surface area contributed by atoms with Crippen LogP contribution in [-0.4, -0.2) is 0 Å². The van der Waals surface area contributed by atoms with Crippen molar-refractivity contribution in [2.75, 3.05) is 0 Å². The van der Waals surface area contributed by atoms with Gasteiger partial charge < -0.3 is 5.73 Å². The number of hydrogen-bond acceptors (Lipinski definition) is 1. The zero-order valence-electron chi connectivity index (χ0n) is 10.3. The molecule has 2 heteroatoms. The van der Waals surface area contributed by atoms with Gasteiger partial charge in [0.15, 0.2) is 0 Å². The van der Waals surface area contributed by atoms with Gasteiger partial charge in [-0.05, 0) is 54.9 Å². The molecule has 1 saturated carbocycles. The van der Waals surface area contributed by atoms with Gasteiger partial charge in [-0.15, -0.1) is 0 Å². The van der Waals surface area contributed by atoms with E-state index < -0.39 is 0 Å². The van der Waals surface area contributed by atoms with Crippen LogP contribution >= 0.6 is 0 Å². The molecule has 1 aliphatic carbocycles. The van der Waals surface area contributed by atoms with Crippen LogP contribution in [0.4, 0.5) is 4.39 Å². The van der Waals surface area contributed by atoms with E-state index in [4.69, 9.17) is 5.73 Å². The third-order valence-electron chi connectivity index (χ3n) is 3.66. The SMILES string of the molecule is Cc1cc(F)cc(C2(N)CCC(C)(C)C2)c1.